The van der Waals surface area contributed by atoms with Crippen LogP contribution in [-0.4, -0.2) is 29.1 Å². The minimum atomic E-state index is 0.632. The number of aromatic nitrogens is 6. The Hall–Kier alpha value is -9.78. The lowest BCUT2D eigenvalue weighted by Crippen LogP contribution is -2.03. The summed E-state index contributed by atoms with van der Waals surface area (Å²) in [4.78, 5) is 21.2. The number of rotatable bonds is 8. The summed E-state index contributed by atoms with van der Waals surface area (Å²) in [6.45, 7) is 0. The van der Waals surface area contributed by atoms with E-state index >= 15 is 0 Å². The van der Waals surface area contributed by atoms with Crippen LogP contribution < -0.4 is 0 Å². The zero-order valence-corrected chi connectivity index (χ0v) is 38.9. The van der Waals surface area contributed by atoms with Gasteiger partial charge in [0.2, 0.25) is 11.9 Å². The standard InChI is InChI=1S/C66H42N6/c1-4-18-43(19-5-1)49-34-36-63-55(40-49)52-28-12-15-33-61(52)72(63)66-67-57-31-13-10-30-54(57)64(70-66)51-27-17-26-48(39-51)46-24-16-25-47(38-46)50-35-37-62-56(41-50)53-29-11-14-32-60(53)71(62)65-68-58(44-20-6-2-7-21-44)42-59(69-65)45-22-8-3-9-23-45/h1-42H. The number of hydrogen-bond acceptors (Lipinski definition) is 4. The van der Waals surface area contributed by atoms with Crippen molar-refractivity contribution in [2.45, 2.75) is 0 Å². The second-order valence-electron chi connectivity index (χ2n) is 18.3. The highest BCUT2D eigenvalue weighted by molar-refractivity contribution is 6.11. The molecule has 0 fully saturated rings. The number of hydrogen-bond donors (Lipinski definition) is 0. The topological polar surface area (TPSA) is 61.4 Å². The molecule has 336 valence electrons. The molecule has 0 atom stereocenters. The first kappa shape index (κ1) is 41.2. The fourth-order valence-corrected chi connectivity index (χ4v) is 10.5. The van der Waals surface area contributed by atoms with Gasteiger partial charge in [0.05, 0.1) is 44.7 Å². The van der Waals surface area contributed by atoms with E-state index in [1.807, 2.05) is 12.1 Å². The first-order chi connectivity index (χ1) is 35.7. The molecule has 4 aromatic heterocycles. The van der Waals surface area contributed by atoms with Gasteiger partial charge >= 0.3 is 0 Å². The van der Waals surface area contributed by atoms with Gasteiger partial charge in [0.15, 0.2) is 0 Å². The summed E-state index contributed by atoms with van der Waals surface area (Å²) >= 11 is 0. The number of para-hydroxylation sites is 3. The molecule has 0 amide bonds. The minimum Gasteiger partial charge on any atom is -0.278 e. The molecule has 0 spiro atoms. The van der Waals surface area contributed by atoms with Gasteiger partial charge in [0.1, 0.15) is 0 Å². The zero-order chi connectivity index (χ0) is 47.5. The van der Waals surface area contributed by atoms with Crippen LogP contribution in [0.25, 0.3) is 134 Å². The monoisotopic (exact) mass is 918 g/mol. The Kier molecular flexibility index (Phi) is 9.74. The summed E-state index contributed by atoms with van der Waals surface area (Å²) in [5.41, 5.74) is 17.7. The summed E-state index contributed by atoms with van der Waals surface area (Å²) in [5, 5.41) is 5.60. The highest BCUT2D eigenvalue weighted by Crippen LogP contribution is 2.39. The molecule has 0 aliphatic rings. The first-order valence-corrected chi connectivity index (χ1v) is 24.3. The molecule has 0 saturated heterocycles. The van der Waals surface area contributed by atoms with Crippen LogP contribution in [0.4, 0.5) is 0 Å². The smallest absolute Gasteiger partial charge is 0.235 e. The van der Waals surface area contributed by atoms with Crippen LogP contribution in [0.1, 0.15) is 0 Å². The summed E-state index contributed by atoms with van der Waals surface area (Å²) in [6.07, 6.45) is 0. The summed E-state index contributed by atoms with van der Waals surface area (Å²) in [7, 11) is 0. The molecule has 4 heterocycles. The maximum atomic E-state index is 5.45. The lowest BCUT2D eigenvalue weighted by Gasteiger charge is -2.13. The number of fused-ring (bicyclic) bond motifs is 7. The first-order valence-electron chi connectivity index (χ1n) is 24.3. The van der Waals surface area contributed by atoms with E-state index in [2.05, 4.69) is 252 Å². The predicted octanol–water partition coefficient (Wildman–Crippen LogP) is 16.6. The minimum absolute atomic E-state index is 0.632. The van der Waals surface area contributed by atoms with Crippen LogP contribution in [0, 0.1) is 0 Å². The van der Waals surface area contributed by atoms with E-state index in [4.69, 9.17) is 19.9 Å². The molecule has 6 heteroatoms. The Labute approximate surface area is 415 Å². The van der Waals surface area contributed by atoms with Crippen LogP contribution in [0.3, 0.4) is 0 Å². The second-order valence-corrected chi connectivity index (χ2v) is 18.3. The van der Waals surface area contributed by atoms with E-state index < -0.39 is 0 Å². The average molecular weight is 919 g/mol. The molecule has 0 saturated carbocycles. The van der Waals surface area contributed by atoms with Crippen molar-refractivity contribution in [2.75, 3.05) is 0 Å². The Balaban J connectivity index is 0.861. The van der Waals surface area contributed by atoms with Gasteiger partial charge in [-0.25, -0.2) is 19.9 Å². The van der Waals surface area contributed by atoms with Crippen molar-refractivity contribution in [3.05, 3.63) is 255 Å². The molecule has 0 radical (unpaired) electrons. The SMILES string of the molecule is c1ccc(-c2ccc3c(c2)c2ccccc2n3-c2nc(-c3cccc(-c4cccc(-c5ccc6c(c5)c5ccccc5n6-c5nc(-c6ccccc6)cc(-c6ccccc6)n5)c4)c3)c3ccccc3n2)cc1. The quantitative estimate of drug-likeness (QED) is 0.152. The fourth-order valence-electron chi connectivity index (χ4n) is 10.5. The molecule has 14 aromatic rings. The molecule has 6 nitrogen and oxygen atoms in total. The Morgan fingerprint density at radius 3 is 1.17 bits per heavy atom. The molecule has 10 aromatic carbocycles. The van der Waals surface area contributed by atoms with Crippen molar-refractivity contribution < 1.29 is 0 Å². The van der Waals surface area contributed by atoms with Gasteiger partial charge in [-0.1, -0.05) is 194 Å². The van der Waals surface area contributed by atoms with Crippen molar-refractivity contribution in [1.82, 2.24) is 29.1 Å². The molecule has 14 rings (SSSR count). The Morgan fingerprint density at radius 1 is 0.222 bits per heavy atom. The maximum Gasteiger partial charge on any atom is 0.235 e. The van der Waals surface area contributed by atoms with Gasteiger partial charge in [0, 0.05) is 43.6 Å². The highest BCUT2D eigenvalue weighted by Gasteiger charge is 2.20. The van der Waals surface area contributed by atoms with Crippen molar-refractivity contribution in [2.24, 2.45) is 0 Å². The van der Waals surface area contributed by atoms with E-state index in [0.29, 0.717) is 11.9 Å². The Morgan fingerprint density at radius 2 is 0.611 bits per heavy atom. The molecular formula is C66H42N6. The molecular weight excluding hydrogens is 877 g/mol. The van der Waals surface area contributed by atoms with Gasteiger partial charge in [-0.2, -0.15) is 0 Å². The summed E-state index contributed by atoms with van der Waals surface area (Å²) in [5.74, 6) is 1.27. The van der Waals surface area contributed by atoms with Crippen LogP contribution in [-0.2, 0) is 0 Å². The second kappa shape index (κ2) is 17.0. The fraction of sp³-hybridized carbons (Fsp3) is 0. The van der Waals surface area contributed by atoms with Crippen molar-refractivity contribution in [3.8, 4) is 79.0 Å². The average Bonchev–Trinajstić information content (AvgIpc) is 3.98. The molecule has 72 heavy (non-hydrogen) atoms. The van der Waals surface area contributed by atoms with Gasteiger partial charge in [0.25, 0.3) is 0 Å². The summed E-state index contributed by atoms with van der Waals surface area (Å²) < 4.78 is 4.42. The van der Waals surface area contributed by atoms with Crippen LogP contribution in [0.15, 0.2) is 255 Å². The number of benzene rings is 10. The molecule has 0 aliphatic heterocycles. The summed E-state index contributed by atoms with van der Waals surface area (Å²) in [6, 6.07) is 89.8. The van der Waals surface area contributed by atoms with Crippen LogP contribution in [0.5, 0.6) is 0 Å². The Bertz CT molecular complexity index is 4330. The third-order valence-corrected chi connectivity index (χ3v) is 14.0. The zero-order valence-electron chi connectivity index (χ0n) is 38.9. The van der Waals surface area contributed by atoms with Gasteiger partial charge in [-0.15, -0.1) is 0 Å². The molecule has 0 bridgehead atoms. The van der Waals surface area contributed by atoms with Crippen LogP contribution in [0.2, 0.25) is 0 Å². The van der Waals surface area contributed by atoms with Crippen molar-refractivity contribution in [3.63, 3.8) is 0 Å². The van der Waals surface area contributed by atoms with E-state index in [1.54, 1.807) is 0 Å². The van der Waals surface area contributed by atoms with E-state index in [9.17, 15) is 0 Å². The lowest BCUT2D eigenvalue weighted by atomic mass is 9.96. The van der Waals surface area contributed by atoms with Crippen LogP contribution >= 0.6 is 0 Å². The number of nitrogens with zero attached hydrogens (tertiary/aromatic N) is 6. The molecule has 0 aliphatic carbocycles. The largest absolute Gasteiger partial charge is 0.278 e. The normalized spacial score (nSPS) is 11.6. The third kappa shape index (κ3) is 7.04. The third-order valence-electron chi connectivity index (χ3n) is 14.0. The highest BCUT2D eigenvalue weighted by atomic mass is 15.2. The van der Waals surface area contributed by atoms with Gasteiger partial charge in [-0.05, 0) is 94.0 Å². The van der Waals surface area contributed by atoms with Crippen molar-refractivity contribution in [1.29, 1.82) is 0 Å². The van der Waals surface area contributed by atoms with Gasteiger partial charge < -0.3 is 0 Å². The predicted molar refractivity (Wildman–Crippen MR) is 296 cm³/mol. The van der Waals surface area contributed by atoms with E-state index in [-0.39, 0.29) is 0 Å². The molecule has 0 unspecified atom stereocenters. The maximum absolute atomic E-state index is 5.45. The van der Waals surface area contributed by atoms with Crippen molar-refractivity contribution >= 4 is 54.5 Å². The molecule has 0 N–H and O–H groups in total. The van der Waals surface area contributed by atoms with E-state index in [1.165, 1.54) is 11.1 Å². The van der Waals surface area contributed by atoms with Gasteiger partial charge in [-0.3, -0.25) is 9.13 Å². The lowest BCUT2D eigenvalue weighted by molar-refractivity contribution is 0.995. The van der Waals surface area contributed by atoms with E-state index in [0.717, 1.165) is 111 Å².